The first kappa shape index (κ1) is 15.2. The molecular formula is C11H9BrF2N4O3. The van der Waals surface area contributed by atoms with Crippen LogP contribution in [0.5, 0.6) is 0 Å². The molecule has 0 aliphatic heterocycles. The van der Waals surface area contributed by atoms with Gasteiger partial charge in [-0.3, -0.25) is 4.40 Å². The highest BCUT2D eigenvalue weighted by Crippen LogP contribution is 2.12. The van der Waals surface area contributed by atoms with Gasteiger partial charge in [-0.15, -0.1) is 5.10 Å². The number of pyridine rings is 1. The van der Waals surface area contributed by atoms with Crippen LogP contribution in [-0.2, 0) is 6.54 Å². The lowest BCUT2D eigenvalue weighted by atomic mass is 10.3. The van der Waals surface area contributed by atoms with E-state index in [2.05, 4.69) is 21.0 Å². The van der Waals surface area contributed by atoms with E-state index in [4.69, 9.17) is 5.11 Å². The molecule has 0 saturated carbocycles. The smallest absolute Gasteiger partial charge is 0.404 e. The van der Waals surface area contributed by atoms with Gasteiger partial charge >= 0.3 is 11.8 Å². The maximum absolute atomic E-state index is 12.8. The molecule has 0 spiro atoms. The number of fused-ring (bicyclic) bond motifs is 1. The Morgan fingerprint density at radius 3 is 2.81 bits per heavy atom. The van der Waals surface area contributed by atoms with Crippen molar-refractivity contribution < 1.29 is 18.7 Å². The van der Waals surface area contributed by atoms with E-state index in [1.807, 2.05) is 5.32 Å². The fraction of sp³-hybridized carbons (Fsp3) is 0.182. The average molecular weight is 363 g/mol. The predicted molar refractivity (Wildman–Crippen MR) is 72.4 cm³/mol. The lowest BCUT2D eigenvalue weighted by Crippen LogP contribution is -2.28. The Bertz CT molecular complexity index is 779. The third-order valence-corrected chi connectivity index (χ3v) is 3.10. The van der Waals surface area contributed by atoms with E-state index < -0.39 is 36.5 Å². The fourth-order valence-corrected chi connectivity index (χ4v) is 1.96. The van der Waals surface area contributed by atoms with Crippen LogP contribution in [0.15, 0.2) is 39.3 Å². The molecule has 0 aliphatic carbocycles. The molecule has 0 atom stereocenters. The molecular weight excluding hydrogens is 354 g/mol. The number of hydrogen-bond acceptors (Lipinski definition) is 3. The summed E-state index contributed by atoms with van der Waals surface area (Å²) >= 11 is 3.21. The molecule has 21 heavy (non-hydrogen) atoms. The van der Waals surface area contributed by atoms with Crippen LogP contribution in [-0.4, -0.2) is 31.9 Å². The predicted octanol–water partition coefficient (Wildman–Crippen LogP) is 1.68. The number of rotatable bonds is 4. The minimum atomic E-state index is -2.05. The Balaban J connectivity index is 2.33. The van der Waals surface area contributed by atoms with Crippen molar-refractivity contribution in [1.29, 1.82) is 0 Å². The van der Waals surface area contributed by atoms with E-state index in [0.29, 0.717) is 10.1 Å². The summed E-state index contributed by atoms with van der Waals surface area (Å²) in [6.45, 7) is -1.08. The van der Waals surface area contributed by atoms with Crippen molar-refractivity contribution >= 4 is 27.7 Å². The summed E-state index contributed by atoms with van der Waals surface area (Å²) in [5, 5.41) is 14.2. The van der Waals surface area contributed by atoms with E-state index in [9.17, 15) is 18.4 Å². The second-order valence-corrected chi connectivity index (χ2v) is 4.95. The second-order valence-electron chi connectivity index (χ2n) is 4.04. The van der Waals surface area contributed by atoms with Crippen LogP contribution in [0.3, 0.4) is 0 Å². The number of hydrogen-bond donors (Lipinski definition) is 2. The van der Waals surface area contributed by atoms with Gasteiger partial charge in [0.2, 0.25) is 0 Å². The lowest BCUT2D eigenvalue weighted by molar-refractivity contribution is 0.195. The van der Waals surface area contributed by atoms with Crippen LogP contribution in [0.1, 0.15) is 0 Å². The molecule has 2 heterocycles. The van der Waals surface area contributed by atoms with Crippen molar-refractivity contribution in [3.05, 3.63) is 44.9 Å². The normalized spacial score (nSPS) is 10.6. The van der Waals surface area contributed by atoms with Gasteiger partial charge in [-0.1, -0.05) is 15.9 Å². The van der Waals surface area contributed by atoms with Gasteiger partial charge in [0, 0.05) is 22.8 Å². The molecule has 2 rings (SSSR count). The summed E-state index contributed by atoms with van der Waals surface area (Å²) in [4.78, 5) is 22.3. The Morgan fingerprint density at radius 2 is 2.19 bits per heavy atom. The Kier molecular flexibility index (Phi) is 4.36. The SMILES string of the molecule is O=C(O)NCC(Cn1nc2cc(Br)ccn2c1=O)=C(F)F. The zero-order chi connectivity index (χ0) is 15.6. The van der Waals surface area contributed by atoms with Gasteiger partial charge < -0.3 is 10.4 Å². The van der Waals surface area contributed by atoms with Crippen LogP contribution >= 0.6 is 15.9 Å². The van der Waals surface area contributed by atoms with Gasteiger partial charge in [0.1, 0.15) is 0 Å². The first-order chi connectivity index (χ1) is 9.88. The maximum Gasteiger partial charge on any atom is 0.404 e. The van der Waals surface area contributed by atoms with Gasteiger partial charge in [-0.25, -0.2) is 14.3 Å². The molecule has 0 saturated heterocycles. The molecule has 0 unspecified atom stereocenters. The lowest BCUT2D eigenvalue weighted by Gasteiger charge is -2.05. The molecule has 0 radical (unpaired) electrons. The number of halogens is 3. The number of aromatic nitrogens is 3. The van der Waals surface area contributed by atoms with E-state index in [0.717, 1.165) is 4.68 Å². The summed E-state index contributed by atoms with van der Waals surface area (Å²) in [7, 11) is 0. The molecule has 0 bridgehead atoms. The van der Waals surface area contributed by atoms with Gasteiger partial charge in [0.05, 0.1) is 6.54 Å². The van der Waals surface area contributed by atoms with Crippen LogP contribution in [0.25, 0.3) is 5.65 Å². The quantitative estimate of drug-likeness (QED) is 0.865. The van der Waals surface area contributed by atoms with Crippen molar-refractivity contribution in [2.45, 2.75) is 6.54 Å². The molecule has 0 aromatic carbocycles. The Labute approximate surface area is 124 Å². The van der Waals surface area contributed by atoms with Crippen LogP contribution < -0.4 is 11.0 Å². The Morgan fingerprint density at radius 1 is 1.48 bits per heavy atom. The number of carbonyl (C=O) groups is 1. The molecule has 10 heteroatoms. The average Bonchev–Trinajstić information content (AvgIpc) is 2.70. The highest BCUT2D eigenvalue weighted by Gasteiger charge is 2.13. The van der Waals surface area contributed by atoms with E-state index in [1.54, 1.807) is 12.1 Å². The van der Waals surface area contributed by atoms with Crippen molar-refractivity contribution in [2.24, 2.45) is 0 Å². The minimum Gasteiger partial charge on any atom is -0.465 e. The molecule has 2 aromatic heterocycles. The van der Waals surface area contributed by atoms with Gasteiger partial charge in [-0.2, -0.15) is 8.78 Å². The summed E-state index contributed by atoms with van der Waals surface area (Å²) in [5.74, 6) is 0. The first-order valence-electron chi connectivity index (χ1n) is 5.63. The number of amides is 1. The Hall–Kier alpha value is -2.23. The molecule has 2 N–H and O–H groups in total. The van der Waals surface area contributed by atoms with Gasteiger partial charge in [0.15, 0.2) is 5.65 Å². The minimum absolute atomic E-state index is 0.291. The largest absolute Gasteiger partial charge is 0.465 e. The summed E-state index contributed by atoms with van der Waals surface area (Å²) in [5.41, 5.74) is -0.826. The van der Waals surface area contributed by atoms with Gasteiger partial charge in [0.25, 0.3) is 6.08 Å². The monoisotopic (exact) mass is 362 g/mol. The number of nitrogens with one attached hydrogen (secondary N) is 1. The molecule has 0 fully saturated rings. The van der Waals surface area contributed by atoms with Crippen molar-refractivity contribution in [3.63, 3.8) is 0 Å². The molecule has 1 amide bonds. The molecule has 112 valence electrons. The van der Waals surface area contributed by atoms with Crippen LogP contribution in [0.4, 0.5) is 13.6 Å². The van der Waals surface area contributed by atoms with E-state index in [1.165, 1.54) is 10.6 Å². The summed E-state index contributed by atoms with van der Waals surface area (Å²) in [6.07, 6.45) is -2.02. The second kappa shape index (κ2) is 6.04. The zero-order valence-corrected chi connectivity index (χ0v) is 12.0. The maximum atomic E-state index is 12.8. The van der Waals surface area contributed by atoms with E-state index >= 15 is 0 Å². The first-order valence-corrected chi connectivity index (χ1v) is 6.42. The molecule has 7 nitrogen and oxygen atoms in total. The molecule has 0 aliphatic rings. The van der Waals surface area contributed by atoms with Gasteiger partial charge in [-0.05, 0) is 12.1 Å². The third kappa shape index (κ3) is 3.45. The van der Waals surface area contributed by atoms with E-state index in [-0.39, 0.29) is 0 Å². The van der Waals surface area contributed by atoms with Crippen molar-refractivity contribution in [3.8, 4) is 0 Å². The summed E-state index contributed by atoms with van der Waals surface area (Å²) < 4.78 is 28.3. The number of nitrogens with zero attached hydrogens (tertiary/aromatic N) is 3. The standard InChI is InChI=1S/C11H9BrF2N4O3/c12-7-1-2-17-8(3-7)16-18(11(17)21)5-6(9(13)14)4-15-10(19)20/h1-3,15H,4-5H2,(H,19,20). The van der Waals surface area contributed by atoms with Crippen LogP contribution in [0.2, 0.25) is 0 Å². The fourth-order valence-electron chi connectivity index (χ4n) is 1.64. The van der Waals surface area contributed by atoms with Crippen molar-refractivity contribution in [2.75, 3.05) is 6.54 Å². The third-order valence-electron chi connectivity index (χ3n) is 2.61. The van der Waals surface area contributed by atoms with Crippen LogP contribution in [0, 0.1) is 0 Å². The topological polar surface area (TPSA) is 88.6 Å². The zero-order valence-electron chi connectivity index (χ0n) is 10.4. The highest BCUT2D eigenvalue weighted by molar-refractivity contribution is 9.10. The van der Waals surface area contributed by atoms with Crippen molar-refractivity contribution in [1.82, 2.24) is 19.5 Å². The summed E-state index contributed by atoms with van der Waals surface area (Å²) in [6, 6.07) is 3.17. The highest BCUT2D eigenvalue weighted by atomic mass is 79.9. The molecule has 2 aromatic rings. The number of carboxylic acid groups (broad SMARTS) is 1.